The van der Waals surface area contributed by atoms with E-state index in [1.165, 1.54) is 18.2 Å². The van der Waals surface area contributed by atoms with E-state index >= 15 is 0 Å². The van der Waals surface area contributed by atoms with Crippen LogP contribution in [0.15, 0.2) is 48.5 Å². The van der Waals surface area contributed by atoms with Crippen molar-refractivity contribution in [3.63, 3.8) is 0 Å². The van der Waals surface area contributed by atoms with Gasteiger partial charge < -0.3 is 20.3 Å². The smallest absolute Gasteiger partial charge is 0.418 e. The van der Waals surface area contributed by atoms with Crippen LogP contribution in [-0.2, 0) is 10.9 Å². The number of para-hydroxylation sites is 1. The van der Waals surface area contributed by atoms with Crippen molar-refractivity contribution in [3.8, 4) is 0 Å². The van der Waals surface area contributed by atoms with Crippen LogP contribution in [-0.4, -0.2) is 42.2 Å². The Bertz CT molecular complexity index is 853. The van der Waals surface area contributed by atoms with E-state index in [0.717, 1.165) is 19.2 Å². The summed E-state index contributed by atoms with van der Waals surface area (Å²) in [5.74, 6) is -0.437. The fourth-order valence-corrected chi connectivity index (χ4v) is 2.93. The quantitative estimate of drug-likeness (QED) is 0.445. The van der Waals surface area contributed by atoms with Crippen LogP contribution in [0.1, 0.15) is 29.8 Å². The summed E-state index contributed by atoms with van der Waals surface area (Å²) in [5.41, 5.74) is -0.0501. The number of carbonyl (C=O) groups is 1. The first-order valence-electron chi connectivity index (χ1n) is 9.48. The fourth-order valence-electron chi connectivity index (χ4n) is 2.70. The number of rotatable bonds is 8. The Morgan fingerprint density at radius 3 is 2.27 bits per heavy atom. The average molecular weight is 440 g/mol. The monoisotopic (exact) mass is 439 g/mol. The maximum Gasteiger partial charge on any atom is 0.418 e. The number of halogens is 3. The molecule has 30 heavy (non-hydrogen) atoms. The van der Waals surface area contributed by atoms with Crippen molar-refractivity contribution in [3.05, 3.63) is 59.7 Å². The molecule has 2 aromatic rings. The minimum absolute atomic E-state index is 0.00116. The van der Waals surface area contributed by atoms with Crippen molar-refractivity contribution < 1.29 is 22.7 Å². The topological polar surface area (TPSA) is 53.6 Å². The predicted molar refractivity (Wildman–Crippen MR) is 116 cm³/mol. The summed E-state index contributed by atoms with van der Waals surface area (Å²) in [6.07, 6.45) is -4.49. The molecule has 0 aliphatic heterocycles. The number of thiocarbonyl (C=S) groups is 1. The van der Waals surface area contributed by atoms with Crippen LogP contribution in [0.3, 0.4) is 0 Å². The molecular weight excluding hydrogens is 415 g/mol. The van der Waals surface area contributed by atoms with Crippen molar-refractivity contribution in [2.75, 3.05) is 36.9 Å². The number of hydrogen-bond donors (Lipinski definition) is 2. The Kier molecular flexibility index (Phi) is 8.61. The lowest BCUT2D eigenvalue weighted by molar-refractivity contribution is -0.136. The Balaban J connectivity index is 1.92. The van der Waals surface area contributed by atoms with Crippen LogP contribution in [0, 0.1) is 0 Å². The lowest BCUT2D eigenvalue weighted by Gasteiger charge is -2.17. The van der Waals surface area contributed by atoms with E-state index in [9.17, 15) is 18.0 Å². The van der Waals surface area contributed by atoms with E-state index in [-0.39, 0.29) is 10.8 Å². The third-order valence-corrected chi connectivity index (χ3v) is 4.60. The van der Waals surface area contributed by atoms with Gasteiger partial charge in [-0.2, -0.15) is 13.2 Å². The summed E-state index contributed by atoms with van der Waals surface area (Å²) in [6, 6.07) is 11.4. The second kappa shape index (κ2) is 10.9. The van der Waals surface area contributed by atoms with Crippen LogP contribution in [0.2, 0.25) is 0 Å². The zero-order valence-electron chi connectivity index (χ0n) is 16.8. The molecule has 162 valence electrons. The SMILES string of the molecule is CCN(CC)CCOC(=O)c1ccc(NC(=S)Nc2ccccc2C(F)(F)F)cc1. The highest BCUT2D eigenvalue weighted by Gasteiger charge is 2.33. The minimum atomic E-state index is -4.49. The number of anilines is 2. The molecule has 0 heterocycles. The predicted octanol–water partition coefficient (Wildman–Crippen LogP) is 5.01. The first kappa shape index (κ1) is 23.6. The number of ether oxygens (including phenoxy) is 1. The van der Waals surface area contributed by atoms with Gasteiger partial charge in [0.25, 0.3) is 0 Å². The molecule has 5 nitrogen and oxygen atoms in total. The molecule has 0 atom stereocenters. The van der Waals surface area contributed by atoms with Gasteiger partial charge in [-0.15, -0.1) is 0 Å². The highest BCUT2D eigenvalue weighted by Crippen LogP contribution is 2.34. The van der Waals surface area contributed by atoms with E-state index in [1.54, 1.807) is 24.3 Å². The summed E-state index contributed by atoms with van der Waals surface area (Å²) in [4.78, 5) is 14.2. The molecular formula is C21H24F3N3O2S. The third kappa shape index (κ3) is 7.00. The highest BCUT2D eigenvalue weighted by atomic mass is 32.1. The zero-order chi connectivity index (χ0) is 22.1. The van der Waals surface area contributed by atoms with Crippen LogP contribution in [0.25, 0.3) is 0 Å². The van der Waals surface area contributed by atoms with Crippen LogP contribution in [0.4, 0.5) is 24.5 Å². The van der Waals surface area contributed by atoms with Crippen LogP contribution >= 0.6 is 12.2 Å². The van der Waals surface area contributed by atoms with Gasteiger partial charge in [-0.3, -0.25) is 0 Å². The molecule has 9 heteroatoms. The van der Waals surface area contributed by atoms with E-state index in [2.05, 4.69) is 15.5 Å². The van der Waals surface area contributed by atoms with Crippen LogP contribution in [0.5, 0.6) is 0 Å². The number of likely N-dealkylation sites (N-methyl/N-ethyl adjacent to an activating group) is 1. The summed E-state index contributed by atoms with van der Waals surface area (Å²) in [5, 5.41) is 5.36. The van der Waals surface area contributed by atoms with Crippen molar-refractivity contribution >= 4 is 34.7 Å². The first-order valence-corrected chi connectivity index (χ1v) is 9.89. The van der Waals surface area contributed by atoms with Crippen molar-refractivity contribution in [1.82, 2.24) is 4.90 Å². The number of nitrogens with one attached hydrogen (secondary N) is 2. The van der Waals surface area contributed by atoms with Gasteiger partial charge in [0, 0.05) is 12.2 Å². The second-order valence-corrected chi connectivity index (χ2v) is 6.77. The van der Waals surface area contributed by atoms with Gasteiger partial charge in [-0.1, -0.05) is 26.0 Å². The second-order valence-electron chi connectivity index (χ2n) is 6.36. The van der Waals surface area contributed by atoms with Gasteiger partial charge in [0.1, 0.15) is 6.61 Å². The third-order valence-electron chi connectivity index (χ3n) is 4.39. The van der Waals surface area contributed by atoms with Gasteiger partial charge in [0.05, 0.1) is 16.8 Å². The fraction of sp³-hybridized carbons (Fsp3) is 0.333. The maximum absolute atomic E-state index is 13.1. The number of esters is 1. The molecule has 2 rings (SSSR count). The lowest BCUT2D eigenvalue weighted by atomic mass is 10.1. The van der Waals surface area contributed by atoms with E-state index in [1.807, 2.05) is 13.8 Å². The summed E-state index contributed by atoms with van der Waals surface area (Å²) in [6.45, 7) is 6.81. The normalized spacial score (nSPS) is 11.3. The van der Waals surface area contributed by atoms with Gasteiger partial charge in [-0.25, -0.2) is 4.79 Å². The first-order chi connectivity index (χ1) is 14.2. The zero-order valence-corrected chi connectivity index (χ0v) is 17.6. The average Bonchev–Trinajstić information content (AvgIpc) is 2.71. The molecule has 0 saturated carbocycles. The van der Waals surface area contributed by atoms with Gasteiger partial charge in [0.15, 0.2) is 5.11 Å². The molecule has 0 unspecified atom stereocenters. The minimum Gasteiger partial charge on any atom is -0.461 e. The standard InChI is InChI=1S/C21H24F3N3O2S/c1-3-27(4-2)13-14-29-19(28)15-9-11-16(12-10-15)25-20(30)26-18-8-6-5-7-17(18)21(22,23)24/h5-12H,3-4,13-14H2,1-2H3,(H2,25,26,30). The van der Waals surface area contributed by atoms with E-state index < -0.39 is 17.7 Å². The van der Waals surface area contributed by atoms with E-state index in [4.69, 9.17) is 17.0 Å². The van der Waals surface area contributed by atoms with Crippen molar-refractivity contribution in [1.29, 1.82) is 0 Å². The van der Waals surface area contributed by atoms with Gasteiger partial charge in [0.2, 0.25) is 0 Å². The van der Waals surface area contributed by atoms with Crippen LogP contribution < -0.4 is 10.6 Å². The van der Waals surface area contributed by atoms with E-state index in [0.29, 0.717) is 24.4 Å². The number of hydrogen-bond acceptors (Lipinski definition) is 4. The molecule has 0 spiro atoms. The van der Waals surface area contributed by atoms with Crippen molar-refractivity contribution in [2.45, 2.75) is 20.0 Å². The van der Waals surface area contributed by atoms with Gasteiger partial charge in [-0.05, 0) is 61.7 Å². The lowest BCUT2D eigenvalue weighted by Crippen LogP contribution is -2.27. The maximum atomic E-state index is 13.1. The number of nitrogens with zero attached hydrogens (tertiary/aromatic N) is 1. The molecule has 2 aromatic carbocycles. The molecule has 0 fully saturated rings. The molecule has 0 saturated heterocycles. The number of alkyl halides is 3. The van der Waals surface area contributed by atoms with Gasteiger partial charge >= 0.3 is 12.1 Å². The Morgan fingerprint density at radius 1 is 1.03 bits per heavy atom. The number of benzene rings is 2. The molecule has 0 aromatic heterocycles. The molecule has 0 amide bonds. The Labute approximate surface area is 179 Å². The molecule has 0 aliphatic rings. The largest absolute Gasteiger partial charge is 0.461 e. The molecule has 0 bridgehead atoms. The molecule has 0 aliphatic carbocycles. The summed E-state index contributed by atoms with van der Waals surface area (Å²) >= 11 is 5.10. The Morgan fingerprint density at radius 2 is 1.67 bits per heavy atom. The Hall–Kier alpha value is -2.65. The molecule has 0 radical (unpaired) electrons. The molecule has 2 N–H and O–H groups in total. The summed E-state index contributed by atoms with van der Waals surface area (Å²) in [7, 11) is 0. The highest BCUT2D eigenvalue weighted by molar-refractivity contribution is 7.80. The summed E-state index contributed by atoms with van der Waals surface area (Å²) < 4.78 is 44.5. The number of carbonyl (C=O) groups excluding carboxylic acids is 1. The van der Waals surface area contributed by atoms with Crippen molar-refractivity contribution in [2.24, 2.45) is 0 Å².